The van der Waals surface area contributed by atoms with E-state index in [2.05, 4.69) is 20.6 Å². The van der Waals surface area contributed by atoms with E-state index in [9.17, 15) is 4.79 Å². The van der Waals surface area contributed by atoms with Gasteiger partial charge < -0.3 is 5.32 Å². The summed E-state index contributed by atoms with van der Waals surface area (Å²) in [5.74, 6) is -0.0809. The van der Waals surface area contributed by atoms with Crippen molar-refractivity contribution in [3.05, 3.63) is 34.9 Å². The van der Waals surface area contributed by atoms with Crippen LogP contribution in [-0.2, 0) is 13.5 Å². The molecule has 2 aromatic heterocycles. The number of rotatable bonds is 4. The molecule has 0 bridgehead atoms. The monoisotopic (exact) mass is 247 g/mol. The number of H-pyrrole nitrogens is 1. The summed E-state index contributed by atoms with van der Waals surface area (Å²) in [5.41, 5.74) is 3.28. The van der Waals surface area contributed by atoms with Crippen LogP contribution in [0.25, 0.3) is 0 Å². The van der Waals surface area contributed by atoms with Crippen LogP contribution >= 0.6 is 0 Å². The number of aromatic amines is 1. The molecule has 0 aliphatic heterocycles. The van der Waals surface area contributed by atoms with Gasteiger partial charge in [0.25, 0.3) is 5.91 Å². The molecule has 0 atom stereocenters. The summed E-state index contributed by atoms with van der Waals surface area (Å²) in [5, 5.41) is 13.8. The van der Waals surface area contributed by atoms with E-state index in [1.165, 1.54) is 0 Å². The van der Waals surface area contributed by atoms with Crippen LogP contribution in [0.5, 0.6) is 0 Å². The summed E-state index contributed by atoms with van der Waals surface area (Å²) in [6.07, 6.45) is 4.52. The van der Waals surface area contributed by atoms with Crippen molar-refractivity contribution in [3.8, 4) is 0 Å². The topological polar surface area (TPSA) is 75.6 Å². The standard InChI is InChI=1S/C12H17N5O/c1-8-11(9(2)16-15-8)12(18)13-5-4-10-6-14-17(3)7-10/h6-7H,4-5H2,1-3H3,(H,13,18)(H,15,16). The second-order valence-corrected chi connectivity index (χ2v) is 4.34. The zero-order chi connectivity index (χ0) is 13.1. The van der Waals surface area contributed by atoms with Crippen molar-refractivity contribution in [1.82, 2.24) is 25.3 Å². The molecule has 0 aliphatic carbocycles. The molecular formula is C12H17N5O. The largest absolute Gasteiger partial charge is 0.352 e. The highest BCUT2D eigenvalue weighted by molar-refractivity contribution is 5.96. The predicted molar refractivity (Wildman–Crippen MR) is 67.3 cm³/mol. The van der Waals surface area contributed by atoms with E-state index in [-0.39, 0.29) is 5.91 Å². The molecule has 0 saturated heterocycles. The van der Waals surface area contributed by atoms with E-state index in [0.717, 1.165) is 23.4 Å². The molecule has 0 spiro atoms. The van der Waals surface area contributed by atoms with E-state index < -0.39 is 0 Å². The van der Waals surface area contributed by atoms with Crippen molar-refractivity contribution < 1.29 is 4.79 Å². The zero-order valence-electron chi connectivity index (χ0n) is 10.8. The fourth-order valence-corrected chi connectivity index (χ4v) is 1.90. The Morgan fingerprint density at radius 3 is 2.83 bits per heavy atom. The highest BCUT2D eigenvalue weighted by atomic mass is 16.1. The molecule has 6 heteroatoms. The molecule has 0 aliphatic rings. The van der Waals surface area contributed by atoms with Gasteiger partial charge in [0.1, 0.15) is 0 Å². The number of hydrogen-bond acceptors (Lipinski definition) is 3. The summed E-state index contributed by atoms with van der Waals surface area (Å²) in [6, 6.07) is 0. The van der Waals surface area contributed by atoms with Gasteiger partial charge in [-0.2, -0.15) is 10.2 Å². The molecule has 0 fully saturated rings. The summed E-state index contributed by atoms with van der Waals surface area (Å²) >= 11 is 0. The molecule has 2 heterocycles. The van der Waals surface area contributed by atoms with Crippen LogP contribution in [0.2, 0.25) is 0 Å². The first-order valence-corrected chi connectivity index (χ1v) is 5.85. The molecule has 0 unspecified atom stereocenters. The number of nitrogens with zero attached hydrogens (tertiary/aromatic N) is 3. The average Bonchev–Trinajstić information content (AvgIpc) is 2.86. The number of aromatic nitrogens is 4. The van der Waals surface area contributed by atoms with Gasteiger partial charge in [0.2, 0.25) is 0 Å². The first-order chi connectivity index (χ1) is 8.58. The van der Waals surface area contributed by atoms with Gasteiger partial charge in [0.05, 0.1) is 17.5 Å². The van der Waals surface area contributed by atoms with Crippen LogP contribution < -0.4 is 5.32 Å². The molecule has 96 valence electrons. The highest BCUT2D eigenvalue weighted by Gasteiger charge is 2.14. The SMILES string of the molecule is Cc1n[nH]c(C)c1C(=O)NCCc1cnn(C)c1. The predicted octanol–water partition coefficient (Wildman–Crippen LogP) is 0.733. The lowest BCUT2D eigenvalue weighted by atomic mass is 10.2. The van der Waals surface area contributed by atoms with Gasteiger partial charge in [-0.1, -0.05) is 0 Å². The smallest absolute Gasteiger partial charge is 0.255 e. The molecular weight excluding hydrogens is 230 g/mol. The Hall–Kier alpha value is -2.11. The van der Waals surface area contributed by atoms with E-state index in [0.29, 0.717) is 12.1 Å². The number of carbonyl (C=O) groups is 1. The van der Waals surface area contributed by atoms with Crippen LogP contribution in [-0.4, -0.2) is 32.4 Å². The third kappa shape index (κ3) is 2.58. The molecule has 1 amide bonds. The van der Waals surface area contributed by atoms with Crippen LogP contribution in [0.4, 0.5) is 0 Å². The van der Waals surface area contributed by atoms with Gasteiger partial charge in [-0.25, -0.2) is 0 Å². The maximum atomic E-state index is 12.0. The minimum absolute atomic E-state index is 0.0809. The third-order valence-corrected chi connectivity index (χ3v) is 2.81. The Bertz CT molecular complexity index is 535. The summed E-state index contributed by atoms with van der Waals surface area (Å²) in [6.45, 7) is 4.25. The summed E-state index contributed by atoms with van der Waals surface area (Å²) < 4.78 is 1.75. The zero-order valence-corrected chi connectivity index (χ0v) is 10.8. The minimum Gasteiger partial charge on any atom is -0.352 e. The van der Waals surface area contributed by atoms with E-state index in [1.807, 2.05) is 27.1 Å². The molecule has 0 saturated carbocycles. The number of amides is 1. The van der Waals surface area contributed by atoms with Crippen molar-refractivity contribution in [2.45, 2.75) is 20.3 Å². The maximum absolute atomic E-state index is 12.0. The molecule has 2 rings (SSSR count). The average molecular weight is 247 g/mol. The minimum atomic E-state index is -0.0809. The Morgan fingerprint density at radius 2 is 2.28 bits per heavy atom. The second kappa shape index (κ2) is 5.03. The third-order valence-electron chi connectivity index (χ3n) is 2.81. The molecule has 2 aromatic rings. The van der Waals surface area contributed by atoms with Gasteiger partial charge in [0, 0.05) is 25.5 Å². The van der Waals surface area contributed by atoms with Crippen LogP contribution in [0, 0.1) is 13.8 Å². The highest BCUT2D eigenvalue weighted by Crippen LogP contribution is 2.08. The lowest BCUT2D eigenvalue weighted by Gasteiger charge is -2.04. The van der Waals surface area contributed by atoms with E-state index >= 15 is 0 Å². The van der Waals surface area contributed by atoms with Crippen molar-refractivity contribution in [3.63, 3.8) is 0 Å². The maximum Gasteiger partial charge on any atom is 0.255 e. The van der Waals surface area contributed by atoms with E-state index in [4.69, 9.17) is 0 Å². The number of aryl methyl sites for hydroxylation is 3. The molecule has 0 aromatic carbocycles. The van der Waals surface area contributed by atoms with Crippen LogP contribution in [0.1, 0.15) is 27.3 Å². The molecule has 0 radical (unpaired) electrons. The first kappa shape index (κ1) is 12.3. The Labute approximate surface area is 105 Å². The van der Waals surface area contributed by atoms with Crippen molar-refractivity contribution in [2.75, 3.05) is 6.54 Å². The quantitative estimate of drug-likeness (QED) is 0.836. The van der Waals surface area contributed by atoms with Gasteiger partial charge in [-0.05, 0) is 25.8 Å². The first-order valence-electron chi connectivity index (χ1n) is 5.85. The number of hydrogen-bond donors (Lipinski definition) is 2. The van der Waals surface area contributed by atoms with Crippen molar-refractivity contribution in [2.24, 2.45) is 7.05 Å². The Kier molecular flexibility index (Phi) is 3.45. The van der Waals surface area contributed by atoms with Gasteiger partial charge in [-0.15, -0.1) is 0 Å². The van der Waals surface area contributed by atoms with Crippen LogP contribution in [0.3, 0.4) is 0 Å². The fourth-order valence-electron chi connectivity index (χ4n) is 1.90. The van der Waals surface area contributed by atoms with E-state index in [1.54, 1.807) is 10.9 Å². The Balaban J connectivity index is 1.89. The fraction of sp³-hybridized carbons (Fsp3) is 0.417. The lowest BCUT2D eigenvalue weighted by Crippen LogP contribution is -2.26. The summed E-state index contributed by atoms with van der Waals surface area (Å²) in [4.78, 5) is 12.0. The second-order valence-electron chi connectivity index (χ2n) is 4.34. The molecule has 2 N–H and O–H groups in total. The van der Waals surface area contributed by atoms with Crippen LogP contribution in [0.15, 0.2) is 12.4 Å². The van der Waals surface area contributed by atoms with Gasteiger partial charge in [-0.3, -0.25) is 14.6 Å². The lowest BCUT2D eigenvalue weighted by molar-refractivity contribution is 0.0953. The summed E-state index contributed by atoms with van der Waals surface area (Å²) in [7, 11) is 1.88. The molecule has 6 nitrogen and oxygen atoms in total. The normalized spacial score (nSPS) is 10.6. The Morgan fingerprint density at radius 1 is 1.50 bits per heavy atom. The van der Waals surface area contributed by atoms with Crippen molar-refractivity contribution >= 4 is 5.91 Å². The number of carbonyl (C=O) groups excluding carboxylic acids is 1. The molecule has 18 heavy (non-hydrogen) atoms. The van der Waals surface area contributed by atoms with Crippen molar-refractivity contribution in [1.29, 1.82) is 0 Å². The van der Waals surface area contributed by atoms with Gasteiger partial charge in [0.15, 0.2) is 0 Å². The van der Waals surface area contributed by atoms with Gasteiger partial charge >= 0.3 is 0 Å². The number of nitrogens with one attached hydrogen (secondary N) is 2.